The third-order valence-corrected chi connectivity index (χ3v) is 7.40. The van der Waals surface area contributed by atoms with Crippen LogP contribution in [-0.4, -0.2) is 176 Å². The van der Waals surface area contributed by atoms with E-state index >= 15 is 0 Å². The number of aliphatic imine (C=N–C) groups is 1. The third-order valence-electron chi connectivity index (χ3n) is 7.40. The summed E-state index contributed by atoms with van der Waals surface area (Å²) in [4.78, 5) is 15.8. The second kappa shape index (κ2) is 15.5. The number of carbonyl (C=O) groups is 1. The Morgan fingerprint density at radius 3 is 2.02 bits per heavy atom. The molecule has 0 unspecified atom stereocenters. The van der Waals surface area contributed by atoms with Gasteiger partial charge >= 0.3 is 10.4 Å². The zero-order valence-electron chi connectivity index (χ0n) is 23.8. The molecule has 262 valence electrons. The van der Waals surface area contributed by atoms with Crippen LogP contribution in [0.3, 0.4) is 0 Å². The molecular formula is C21H41N7O16S. The molecule has 0 amide bonds. The number of hydrogen-bond acceptors (Lipinski definition) is 17. The van der Waals surface area contributed by atoms with E-state index in [1.807, 2.05) is 0 Å². The van der Waals surface area contributed by atoms with Crippen molar-refractivity contribution in [3.05, 3.63) is 0 Å². The monoisotopic (exact) mass is 679 g/mol. The summed E-state index contributed by atoms with van der Waals surface area (Å²) in [5.41, 5.74) is 13.8. The Labute approximate surface area is 256 Å². The van der Waals surface area contributed by atoms with Crippen LogP contribution in [0.15, 0.2) is 4.99 Å². The maximum Gasteiger partial charge on any atom is 0.394 e. The van der Waals surface area contributed by atoms with Crippen molar-refractivity contribution in [1.82, 2.24) is 10.6 Å². The van der Waals surface area contributed by atoms with Gasteiger partial charge in [-0.25, -0.2) is 4.99 Å². The van der Waals surface area contributed by atoms with E-state index in [-0.39, 0.29) is 6.29 Å². The zero-order chi connectivity index (χ0) is 34.6. The van der Waals surface area contributed by atoms with Crippen LogP contribution in [0.25, 0.3) is 0 Å². The fourth-order valence-corrected chi connectivity index (χ4v) is 5.13. The smallest absolute Gasteiger partial charge is 0.394 e. The summed E-state index contributed by atoms with van der Waals surface area (Å²) in [6, 6.07) is -4.02. The first-order valence-corrected chi connectivity index (χ1v) is 14.5. The number of aliphatic hydroxyl groups excluding tert-OH is 6. The number of aldehydes is 1. The second-order valence-corrected chi connectivity index (χ2v) is 11.3. The molecule has 3 fully saturated rings. The lowest BCUT2D eigenvalue weighted by atomic mass is 9.81. The van der Waals surface area contributed by atoms with Gasteiger partial charge in [0.2, 0.25) is 0 Å². The number of guanidine groups is 2. The minimum absolute atomic E-state index is 0.138. The van der Waals surface area contributed by atoms with Gasteiger partial charge in [-0.1, -0.05) is 0 Å². The van der Waals surface area contributed by atoms with Gasteiger partial charge in [-0.2, -0.15) is 8.42 Å². The number of nitrogens with one attached hydrogen (secondary N) is 3. The van der Waals surface area contributed by atoms with Gasteiger partial charge in [0.15, 0.2) is 36.4 Å². The highest BCUT2D eigenvalue weighted by Gasteiger charge is 2.60. The molecule has 18 N–H and O–H groups in total. The quantitative estimate of drug-likeness (QED) is 0.0465. The molecule has 23 nitrogen and oxygen atoms in total. The highest BCUT2D eigenvalue weighted by atomic mass is 32.3. The Balaban J connectivity index is 0.00000130. The van der Waals surface area contributed by atoms with Crippen LogP contribution in [0, 0.1) is 5.41 Å². The van der Waals surface area contributed by atoms with Crippen LogP contribution in [0.5, 0.6) is 0 Å². The van der Waals surface area contributed by atoms with Gasteiger partial charge in [0.1, 0.15) is 54.9 Å². The van der Waals surface area contributed by atoms with E-state index in [1.54, 1.807) is 0 Å². The van der Waals surface area contributed by atoms with E-state index in [0.717, 1.165) is 0 Å². The third kappa shape index (κ3) is 9.11. The predicted octanol–water partition coefficient (Wildman–Crippen LogP) is -8.60. The fraction of sp³-hybridized carbons (Fsp3) is 0.857. The summed E-state index contributed by atoms with van der Waals surface area (Å²) >= 11 is 0. The first kappa shape index (κ1) is 38.8. The van der Waals surface area contributed by atoms with E-state index in [4.69, 9.17) is 59.1 Å². The van der Waals surface area contributed by atoms with E-state index in [0.29, 0.717) is 0 Å². The summed E-state index contributed by atoms with van der Waals surface area (Å²) in [7, 11) is -3.25. The Morgan fingerprint density at radius 2 is 1.56 bits per heavy atom. The molecule has 1 saturated carbocycles. The molecule has 0 aromatic rings. The van der Waals surface area contributed by atoms with Gasteiger partial charge in [0.05, 0.1) is 24.8 Å². The molecule has 3 aliphatic rings. The summed E-state index contributed by atoms with van der Waals surface area (Å²) in [6.45, 7) is 0.616. The molecule has 15 atom stereocenters. The molecule has 45 heavy (non-hydrogen) atoms. The van der Waals surface area contributed by atoms with Crippen LogP contribution >= 0.6 is 0 Å². The lowest BCUT2D eigenvalue weighted by Crippen LogP contribution is -2.70. The number of hydrogen-bond donors (Lipinski definition) is 15. The standard InChI is InChI=1S/C21H39N7O12.H2O4S/c1-5-21(36,4-30)16(40-17-9(26-2)13(34)10(31)6(3-29)38-17)18(37-5)39-15-8(28-20(24)25)11(32)7(27-19(22)23)12(33)14(15)35;1-5(2,3)4/h4-18,26,29,31-36H,3H2,1-2H3,(H4,22,23,27)(H4,24,25,28);(H2,1,2,3,4)/t5-,6-,7-,8+,9-,10-,11-,12+,13-,14-,15-,16-,17-,18-,21+;/m1./s1. The molecule has 2 heterocycles. The zero-order valence-corrected chi connectivity index (χ0v) is 24.7. The molecule has 24 heteroatoms. The first-order chi connectivity index (χ1) is 20.7. The van der Waals surface area contributed by atoms with Crippen molar-refractivity contribution in [3.8, 4) is 0 Å². The number of likely N-dealkylation sites (N-methyl/N-ethyl adjacent to an activating group) is 1. The van der Waals surface area contributed by atoms with Crippen LogP contribution in [-0.2, 0) is 34.1 Å². The summed E-state index contributed by atoms with van der Waals surface area (Å²) < 4.78 is 54.5. The second-order valence-electron chi connectivity index (χ2n) is 10.4. The number of nitrogens with zero attached hydrogens (tertiary/aromatic N) is 1. The molecule has 2 aliphatic heterocycles. The van der Waals surface area contributed by atoms with E-state index in [1.165, 1.54) is 14.0 Å². The van der Waals surface area contributed by atoms with E-state index in [9.17, 15) is 40.5 Å². The normalized spacial score (nSPS) is 43.4. The van der Waals surface area contributed by atoms with Crippen molar-refractivity contribution in [1.29, 1.82) is 5.41 Å². The Hall–Kier alpha value is -2.40. The van der Waals surface area contributed by atoms with Crippen molar-refractivity contribution in [2.45, 2.75) is 98.2 Å². The van der Waals surface area contributed by atoms with Gasteiger partial charge in [-0.05, 0) is 14.0 Å². The number of rotatable bonds is 9. The van der Waals surface area contributed by atoms with Gasteiger partial charge in [0, 0.05) is 0 Å². The molecule has 3 rings (SSSR count). The largest absolute Gasteiger partial charge is 0.394 e. The summed E-state index contributed by atoms with van der Waals surface area (Å²) in [5.74, 6) is -1.16. The summed E-state index contributed by atoms with van der Waals surface area (Å²) in [5, 5.41) is 86.6. The van der Waals surface area contributed by atoms with Gasteiger partial charge < -0.3 is 82.5 Å². The minimum atomic E-state index is -4.67. The lowest BCUT2D eigenvalue weighted by molar-refractivity contribution is -0.314. The van der Waals surface area contributed by atoms with Gasteiger partial charge in [-0.15, -0.1) is 0 Å². The van der Waals surface area contributed by atoms with Crippen LogP contribution in [0.4, 0.5) is 0 Å². The lowest BCUT2D eigenvalue weighted by Gasteiger charge is -2.46. The minimum Gasteiger partial charge on any atom is -0.394 e. The topological polar surface area (TPSA) is 409 Å². The SMILES string of the molecule is CN[C@H]1[C@@H](O[C@@H]2[C@@H](O[C@H]3[C@H](O)[C@@H](O)[C@H](N=C(N)N)[C@@H](O)[C@@H]3NC(=N)N)O[C@H](C)[C@@]2(O)C=O)O[C@H](CO)[C@@H](O)[C@@H]1O.O=S(=O)(O)O. The molecule has 0 aromatic carbocycles. The van der Waals surface area contributed by atoms with E-state index in [2.05, 4.69) is 15.6 Å². The highest BCUT2D eigenvalue weighted by Crippen LogP contribution is 2.38. The molecule has 0 spiro atoms. The van der Waals surface area contributed by atoms with Crippen LogP contribution < -0.4 is 27.8 Å². The Kier molecular flexibility index (Phi) is 13.3. The molecule has 1 aliphatic carbocycles. The maximum atomic E-state index is 12.1. The number of aliphatic hydroxyl groups is 7. The molecule has 2 saturated heterocycles. The van der Waals surface area contributed by atoms with Crippen molar-refractivity contribution >= 4 is 28.6 Å². The fourth-order valence-electron chi connectivity index (χ4n) is 5.13. The Bertz CT molecular complexity index is 1140. The summed E-state index contributed by atoms with van der Waals surface area (Å²) in [6.07, 6.45) is -17.3. The number of carbonyl (C=O) groups excluding carboxylic acids is 1. The first-order valence-electron chi connectivity index (χ1n) is 13.1. The predicted molar refractivity (Wildman–Crippen MR) is 146 cm³/mol. The average molecular weight is 680 g/mol. The van der Waals surface area contributed by atoms with Crippen LogP contribution in [0.1, 0.15) is 6.92 Å². The van der Waals surface area contributed by atoms with Crippen LogP contribution in [0.2, 0.25) is 0 Å². The highest BCUT2D eigenvalue weighted by molar-refractivity contribution is 7.79. The van der Waals surface area contributed by atoms with Crippen molar-refractivity contribution in [3.63, 3.8) is 0 Å². The number of nitrogens with two attached hydrogens (primary N) is 3. The molecule has 0 bridgehead atoms. The Morgan fingerprint density at radius 1 is 0.978 bits per heavy atom. The van der Waals surface area contributed by atoms with Gasteiger partial charge in [-0.3, -0.25) is 19.3 Å². The van der Waals surface area contributed by atoms with E-state index < -0.39 is 120 Å². The molecule has 0 radical (unpaired) electrons. The van der Waals surface area contributed by atoms with Crippen molar-refractivity contribution in [2.24, 2.45) is 22.2 Å². The average Bonchev–Trinajstić information content (AvgIpc) is 3.16. The number of ether oxygens (including phenoxy) is 4. The molecule has 0 aromatic heterocycles. The van der Waals surface area contributed by atoms with Crippen molar-refractivity contribution in [2.75, 3.05) is 13.7 Å². The van der Waals surface area contributed by atoms with Crippen molar-refractivity contribution < 1.29 is 77.0 Å². The molecular weight excluding hydrogens is 638 g/mol. The maximum absolute atomic E-state index is 12.1. The van der Waals surface area contributed by atoms with Gasteiger partial charge in [0.25, 0.3) is 0 Å².